The largest absolute Gasteiger partial charge is 0.493 e. The average Bonchev–Trinajstić information content (AvgIpc) is 2.49. The van der Waals surface area contributed by atoms with E-state index in [1.807, 2.05) is 6.92 Å². The summed E-state index contributed by atoms with van der Waals surface area (Å²) in [7, 11) is 1.34. The van der Waals surface area contributed by atoms with Gasteiger partial charge in [0.25, 0.3) is 0 Å². The fourth-order valence-electron chi connectivity index (χ4n) is 1.67. The lowest BCUT2D eigenvalue weighted by molar-refractivity contribution is -0.141. The summed E-state index contributed by atoms with van der Waals surface area (Å²) in [4.78, 5) is 22.7. The van der Waals surface area contributed by atoms with Gasteiger partial charge < -0.3 is 20.5 Å². The van der Waals surface area contributed by atoms with Gasteiger partial charge in [0, 0.05) is 5.69 Å². The molecule has 0 heterocycles. The summed E-state index contributed by atoms with van der Waals surface area (Å²) in [5, 5.41) is 2.74. The van der Waals surface area contributed by atoms with Crippen LogP contribution < -0.4 is 15.8 Å². The van der Waals surface area contributed by atoms with Gasteiger partial charge in [-0.1, -0.05) is 13.3 Å². The third kappa shape index (κ3) is 6.27. The highest BCUT2D eigenvalue weighted by molar-refractivity contribution is 5.94. The summed E-state index contributed by atoms with van der Waals surface area (Å²) >= 11 is 0. The maximum Gasteiger partial charge on any atom is 0.308 e. The highest BCUT2D eigenvalue weighted by Gasteiger charge is 2.12. The van der Waals surface area contributed by atoms with Gasteiger partial charge >= 0.3 is 5.97 Å². The van der Waals surface area contributed by atoms with Gasteiger partial charge in [-0.05, 0) is 30.7 Å². The van der Waals surface area contributed by atoms with Crippen LogP contribution in [0.1, 0.15) is 26.2 Å². The first-order chi connectivity index (χ1) is 10.1. The maximum atomic E-state index is 11.7. The molecule has 0 saturated heterocycles. The molecule has 1 unspecified atom stereocenters. The van der Waals surface area contributed by atoms with Crippen molar-refractivity contribution < 1.29 is 19.1 Å². The number of esters is 1. The maximum absolute atomic E-state index is 11.7. The van der Waals surface area contributed by atoms with Gasteiger partial charge in [0.15, 0.2) is 0 Å². The fraction of sp³-hybridized carbons (Fsp3) is 0.467. The van der Waals surface area contributed by atoms with E-state index in [2.05, 4.69) is 10.1 Å². The van der Waals surface area contributed by atoms with Crippen molar-refractivity contribution >= 4 is 17.6 Å². The van der Waals surface area contributed by atoms with E-state index >= 15 is 0 Å². The van der Waals surface area contributed by atoms with Crippen molar-refractivity contribution in [3.63, 3.8) is 0 Å². The molecule has 0 spiro atoms. The van der Waals surface area contributed by atoms with E-state index in [0.717, 1.165) is 6.42 Å². The van der Waals surface area contributed by atoms with Crippen molar-refractivity contribution in [3.8, 4) is 5.75 Å². The first-order valence-corrected chi connectivity index (χ1v) is 6.93. The molecule has 0 aliphatic carbocycles. The molecular weight excluding hydrogens is 272 g/mol. The molecule has 0 aliphatic heterocycles. The molecule has 0 radical (unpaired) electrons. The topological polar surface area (TPSA) is 90.7 Å². The van der Waals surface area contributed by atoms with E-state index in [9.17, 15) is 9.59 Å². The smallest absolute Gasteiger partial charge is 0.308 e. The third-order valence-electron chi connectivity index (χ3n) is 2.86. The quantitative estimate of drug-likeness (QED) is 0.712. The molecule has 0 bridgehead atoms. The molecule has 0 aromatic heterocycles. The summed E-state index contributed by atoms with van der Waals surface area (Å²) in [5.41, 5.74) is 6.39. The van der Waals surface area contributed by atoms with Gasteiger partial charge in [-0.15, -0.1) is 0 Å². The van der Waals surface area contributed by atoms with Crippen molar-refractivity contribution in [1.82, 2.24) is 0 Å². The lowest BCUT2D eigenvalue weighted by Crippen LogP contribution is -2.35. The minimum absolute atomic E-state index is 0.195. The number of anilines is 1. The second-order valence-corrected chi connectivity index (χ2v) is 4.58. The summed E-state index contributed by atoms with van der Waals surface area (Å²) in [6.45, 7) is 2.23. The lowest BCUT2D eigenvalue weighted by Gasteiger charge is -2.11. The van der Waals surface area contributed by atoms with E-state index in [-0.39, 0.29) is 24.9 Å². The van der Waals surface area contributed by atoms with Crippen LogP contribution in [0, 0.1) is 0 Å². The van der Waals surface area contributed by atoms with Crippen LogP contribution in [0.25, 0.3) is 0 Å². The fourth-order valence-corrected chi connectivity index (χ4v) is 1.67. The summed E-state index contributed by atoms with van der Waals surface area (Å²) < 4.78 is 9.90. The Hall–Kier alpha value is -2.08. The first-order valence-electron chi connectivity index (χ1n) is 6.93. The molecule has 0 fully saturated rings. The van der Waals surface area contributed by atoms with Crippen LogP contribution >= 0.6 is 0 Å². The average molecular weight is 294 g/mol. The molecule has 1 atom stereocenters. The molecule has 1 aromatic carbocycles. The van der Waals surface area contributed by atoms with Gasteiger partial charge in [0.2, 0.25) is 5.91 Å². The Morgan fingerprint density at radius 1 is 1.29 bits per heavy atom. The van der Waals surface area contributed by atoms with Crippen LogP contribution in [-0.2, 0) is 14.3 Å². The van der Waals surface area contributed by atoms with E-state index in [0.29, 0.717) is 17.9 Å². The Morgan fingerprint density at radius 3 is 2.52 bits per heavy atom. The van der Waals surface area contributed by atoms with Crippen LogP contribution in [-0.4, -0.2) is 31.6 Å². The van der Waals surface area contributed by atoms with Crippen molar-refractivity contribution in [1.29, 1.82) is 0 Å². The standard InChI is InChI=1S/C15H22N2O4/c1-3-4-13(16)15(19)17-11-5-7-12(8-6-11)21-10-9-14(18)20-2/h5-8,13H,3-4,9-10,16H2,1-2H3,(H,17,19). The molecular formula is C15H22N2O4. The number of methoxy groups -OCH3 is 1. The van der Waals surface area contributed by atoms with Gasteiger partial charge in [0.1, 0.15) is 5.75 Å². The van der Waals surface area contributed by atoms with Gasteiger partial charge in [-0.2, -0.15) is 0 Å². The van der Waals surface area contributed by atoms with Crippen LogP contribution in [0.3, 0.4) is 0 Å². The molecule has 6 nitrogen and oxygen atoms in total. The van der Waals surface area contributed by atoms with Crippen LogP contribution in [0.4, 0.5) is 5.69 Å². The van der Waals surface area contributed by atoms with E-state index in [1.165, 1.54) is 7.11 Å². The zero-order chi connectivity index (χ0) is 15.7. The second-order valence-electron chi connectivity index (χ2n) is 4.58. The van der Waals surface area contributed by atoms with Crippen LogP contribution in [0.2, 0.25) is 0 Å². The van der Waals surface area contributed by atoms with Crippen molar-refractivity contribution in [2.24, 2.45) is 5.73 Å². The van der Waals surface area contributed by atoms with E-state index in [4.69, 9.17) is 10.5 Å². The highest BCUT2D eigenvalue weighted by atomic mass is 16.5. The normalized spacial score (nSPS) is 11.6. The Bertz CT molecular complexity index is 459. The van der Waals surface area contributed by atoms with Crippen molar-refractivity contribution in [3.05, 3.63) is 24.3 Å². The molecule has 0 saturated carbocycles. The first kappa shape index (κ1) is 17.0. The molecule has 1 rings (SSSR count). The second kappa shape index (κ2) is 8.97. The Morgan fingerprint density at radius 2 is 1.95 bits per heavy atom. The number of nitrogens with two attached hydrogens (primary N) is 1. The number of rotatable bonds is 8. The molecule has 6 heteroatoms. The number of hydrogen-bond acceptors (Lipinski definition) is 5. The number of carbonyl (C=O) groups is 2. The van der Waals surface area contributed by atoms with Crippen molar-refractivity contribution in [2.45, 2.75) is 32.2 Å². The van der Waals surface area contributed by atoms with E-state index in [1.54, 1.807) is 24.3 Å². The number of hydrogen-bond donors (Lipinski definition) is 2. The summed E-state index contributed by atoms with van der Waals surface area (Å²) in [5.74, 6) is 0.106. The molecule has 3 N–H and O–H groups in total. The SMILES string of the molecule is CCCC(N)C(=O)Nc1ccc(OCCC(=O)OC)cc1. The Kier molecular flexibility index (Phi) is 7.25. The molecule has 1 aromatic rings. The predicted octanol–water partition coefficient (Wildman–Crippen LogP) is 1.69. The number of carbonyl (C=O) groups excluding carboxylic acids is 2. The van der Waals surface area contributed by atoms with Crippen LogP contribution in [0.15, 0.2) is 24.3 Å². The van der Waals surface area contributed by atoms with Gasteiger partial charge in [-0.25, -0.2) is 0 Å². The molecule has 21 heavy (non-hydrogen) atoms. The minimum Gasteiger partial charge on any atom is -0.493 e. The Balaban J connectivity index is 2.43. The molecule has 0 aliphatic rings. The van der Waals surface area contributed by atoms with Gasteiger partial charge in [-0.3, -0.25) is 9.59 Å². The molecule has 1 amide bonds. The van der Waals surface area contributed by atoms with Gasteiger partial charge in [0.05, 0.1) is 26.2 Å². The monoisotopic (exact) mass is 294 g/mol. The predicted molar refractivity (Wildman–Crippen MR) is 80.1 cm³/mol. The molecule has 116 valence electrons. The van der Waals surface area contributed by atoms with Crippen LogP contribution in [0.5, 0.6) is 5.75 Å². The zero-order valence-electron chi connectivity index (χ0n) is 12.4. The van der Waals surface area contributed by atoms with Crippen molar-refractivity contribution in [2.75, 3.05) is 19.0 Å². The highest BCUT2D eigenvalue weighted by Crippen LogP contribution is 2.16. The number of benzene rings is 1. The number of amides is 1. The lowest BCUT2D eigenvalue weighted by atomic mass is 10.1. The van der Waals surface area contributed by atoms with E-state index < -0.39 is 6.04 Å². The Labute approximate surface area is 124 Å². The number of nitrogens with one attached hydrogen (secondary N) is 1. The summed E-state index contributed by atoms with van der Waals surface area (Å²) in [6, 6.07) is 6.40. The minimum atomic E-state index is -0.494. The zero-order valence-corrected chi connectivity index (χ0v) is 12.4. The third-order valence-corrected chi connectivity index (χ3v) is 2.86. The summed E-state index contributed by atoms with van der Waals surface area (Å²) in [6.07, 6.45) is 1.71. The number of ether oxygens (including phenoxy) is 2.